The molecule has 166 valence electrons. The van der Waals surface area contributed by atoms with Gasteiger partial charge >= 0.3 is 0 Å². The number of hydrogen-bond donors (Lipinski definition) is 1. The number of nitrogens with zero attached hydrogens (tertiary/aromatic N) is 2. The number of carbonyl (C=O) groups is 2. The fourth-order valence-electron chi connectivity index (χ4n) is 3.95. The Kier molecular flexibility index (Phi) is 8.35. The molecule has 0 radical (unpaired) electrons. The molecule has 0 aliphatic carbocycles. The Balaban J connectivity index is 1.64. The summed E-state index contributed by atoms with van der Waals surface area (Å²) in [6, 6.07) is 12.6. The van der Waals surface area contributed by atoms with Crippen LogP contribution in [-0.4, -0.2) is 47.3 Å². The molecule has 2 amide bonds. The number of nitrogens with one attached hydrogen (secondary N) is 1. The van der Waals surface area contributed by atoms with Crippen molar-refractivity contribution in [2.75, 3.05) is 19.6 Å². The first-order valence-corrected chi connectivity index (χ1v) is 11.5. The summed E-state index contributed by atoms with van der Waals surface area (Å²) in [5.41, 5.74) is 2.61. The van der Waals surface area contributed by atoms with E-state index in [4.69, 9.17) is 23.2 Å². The lowest BCUT2D eigenvalue weighted by Gasteiger charge is -2.24. The summed E-state index contributed by atoms with van der Waals surface area (Å²) in [6.07, 6.45) is 1.42. The summed E-state index contributed by atoms with van der Waals surface area (Å²) in [5.74, 6) is -0.399. The minimum atomic E-state index is -0.499. The van der Waals surface area contributed by atoms with Gasteiger partial charge in [0.2, 0.25) is 5.91 Å². The van der Waals surface area contributed by atoms with Crippen LogP contribution < -0.4 is 5.32 Å². The molecule has 31 heavy (non-hydrogen) atoms. The fraction of sp³-hybridized carbons (Fsp3) is 0.417. The largest absolute Gasteiger partial charge is 0.350 e. The third kappa shape index (κ3) is 6.00. The molecule has 0 aromatic heterocycles. The van der Waals surface area contributed by atoms with E-state index in [1.165, 1.54) is 5.56 Å². The summed E-state index contributed by atoms with van der Waals surface area (Å²) < 4.78 is 0. The van der Waals surface area contributed by atoms with Crippen LogP contribution in [0.25, 0.3) is 0 Å². The Hall–Kier alpha value is -2.08. The van der Waals surface area contributed by atoms with Gasteiger partial charge in [-0.2, -0.15) is 0 Å². The van der Waals surface area contributed by atoms with Gasteiger partial charge in [0.15, 0.2) is 0 Å². The number of halogens is 2. The second-order valence-corrected chi connectivity index (χ2v) is 8.62. The van der Waals surface area contributed by atoms with Crippen molar-refractivity contribution in [2.45, 2.75) is 45.8 Å². The molecule has 1 aliphatic rings. The molecule has 1 unspecified atom stereocenters. The molecule has 0 bridgehead atoms. The number of likely N-dealkylation sites (tertiary alicyclic amines) is 1. The summed E-state index contributed by atoms with van der Waals surface area (Å²) >= 11 is 12.2. The van der Waals surface area contributed by atoms with Crippen LogP contribution in [0, 0.1) is 0 Å². The van der Waals surface area contributed by atoms with Crippen LogP contribution in [0.4, 0.5) is 0 Å². The van der Waals surface area contributed by atoms with Gasteiger partial charge in [-0.15, -0.1) is 0 Å². The van der Waals surface area contributed by atoms with Crippen molar-refractivity contribution in [3.63, 3.8) is 0 Å². The fourth-order valence-corrected chi connectivity index (χ4v) is 4.32. The molecule has 7 heteroatoms. The van der Waals surface area contributed by atoms with E-state index in [1.54, 1.807) is 23.1 Å². The van der Waals surface area contributed by atoms with Crippen LogP contribution in [0.15, 0.2) is 42.5 Å². The normalized spacial score (nSPS) is 16.0. The first-order valence-electron chi connectivity index (χ1n) is 10.8. The van der Waals surface area contributed by atoms with Crippen LogP contribution in [0.1, 0.15) is 48.2 Å². The quantitative estimate of drug-likeness (QED) is 0.616. The second kappa shape index (κ2) is 11.0. The summed E-state index contributed by atoms with van der Waals surface area (Å²) in [7, 11) is 0. The highest BCUT2D eigenvalue weighted by atomic mass is 35.5. The molecule has 0 saturated carbocycles. The zero-order valence-corrected chi connectivity index (χ0v) is 19.5. The van der Waals surface area contributed by atoms with Crippen molar-refractivity contribution in [2.24, 2.45) is 0 Å². The van der Waals surface area contributed by atoms with Gasteiger partial charge < -0.3 is 10.2 Å². The lowest BCUT2D eigenvalue weighted by Crippen LogP contribution is -2.45. The Morgan fingerprint density at radius 3 is 2.58 bits per heavy atom. The van der Waals surface area contributed by atoms with Crippen molar-refractivity contribution >= 4 is 35.0 Å². The monoisotopic (exact) mass is 461 g/mol. The van der Waals surface area contributed by atoms with Crippen molar-refractivity contribution in [3.05, 3.63) is 69.2 Å². The highest BCUT2D eigenvalue weighted by Gasteiger charge is 2.35. The SMILES string of the molecule is CCN(CC)Cc1cccc(CNC(=O)C2CCCN2C(=O)c2cc(Cl)ccc2Cl)c1. The standard InChI is InChI=1S/C24H29Cl2N3O2/c1-3-28(4-2)16-18-8-5-7-17(13-18)15-27-23(30)22-9-6-12-29(22)24(31)20-14-19(25)10-11-21(20)26/h5,7-8,10-11,13-14,22H,3-4,6,9,12,15-16H2,1-2H3,(H,27,30). The summed E-state index contributed by atoms with van der Waals surface area (Å²) in [4.78, 5) is 29.9. The van der Waals surface area contributed by atoms with Gasteiger partial charge in [-0.3, -0.25) is 14.5 Å². The minimum Gasteiger partial charge on any atom is -0.350 e. The van der Waals surface area contributed by atoms with Crippen molar-refractivity contribution in [1.82, 2.24) is 15.1 Å². The minimum absolute atomic E-state index is 0.141. The first-order chi connectivity index (χ1) is 14.9. The first kappa shape index (κ1) is 23.6. The maximum atomic E-state index is 13.0. The highest BCUT2D eigenvalue weighted by molar-refractivity contribution is 6.35. The zero-order chi connectivity index (χ0) is 22.4. The van der Waals surface area contributed by atoms with E-state index < -0.39 is 6.04 Å². The molecule has 3 rings (SSSR count). The van der Waals surface area contributed by atoms with Gasteiger partial charge in [-0.25, -0.2) is 0 Å². The van der Waals surface area contributed by atoms with Gasteiger partial charge in [0.05, 0.1) is 10.6 Å². The van der Waals surface area contributed by atoms with Crippen LogP contribution >= 0.6 is 23.2 Å². The average molecular weight is 462 g/mol. The molecule has 0 spiro atoms. The van der Waals surface area contributed by atoms with Crippen molar-refractivity contribution < 1.29 is 9.59 Å². The predicted molar refractivity (Wildman–Crippen MR) is 125 cm³/mol. The molecule has 2 aromatic carbocycles. The van der Waals surface area contributed by atoms with E-state index in [-0.39, 0.29) is 11.8 Å². The van der Waals surface area contributed by atoms with Crippen LogP contribution in [0.5, 0.6) is 0 Å². The molecular weight excluding hydrogens is 433 g/mol. The third-order valence-corrected chi connectivity index (χ3v) is 6.30. The number of benzene rings is 2. The lowest BCUT2D eigenvalue weighted by molar-refractivity contribution is -0.125. The van der Waals surface area contributed by atoms with Crippen molar-refractivity contribution in [1.29, 1.82) is 0 Å². The number of carbonyl (C=O) groups excluding carboxylic acids is 2. The maximum Gasteiger partial charge on any atom is 0.256 e. The molecule has 5 nitrogen and oxygen atoms in total. The van der Waals surface area contributed by atoms with Gasteiger partial charge in [-0.05, 0) is 55.3 Å². The smallest absolute Gasteiger partial charge is 0.256 e. The Morgan fingerprint density at radius 2 is 1.84 bits per heavy atom. The van der Waals surface area contributed by atoms with E-state index in [2.05, 4.69) is 36.2 Å². The molecule has 1 heterocycles. The van der Waals surface area contributed by atoms with Crippen LogP contribution in [0.3, 0.4) is 0 Å². The van der Waals surface area contributed by atoms with Crippen molar-refractivity contribution in [3.8, 4) is 0 Å². The molecule has 1 atom stereocenters. The number of hydrogen-bond acceptors (Lipinski definition) is 3. The number of amides is 2. The maximum absolute atomic E-state index is 13.0. The van der Waals surface area contributed by atoms with Gasteiger partial charge in [0.1, 0.15) is 6.04 Å². The van der Waals surface area contributed by atoms with Gasteiger partial charge in [0.25, 0.3) is 5.91 Å². The predicted octanol–water partition coefficient (Wildman–Crippen LogP) is 4.76. The van der Waals surface area contributed by atoms with Gasteiger partial charge in [0, 0.05) is 24.7 Å². The lowest BCUT2D eigenvalue weighted by atomic mass is 10.1. The molecule has 1 aliphatic heterocycles. The van der Waals surface area contributed by atoms with E-state index in [1.807, 2.05) is 12.1 Å². The molecule has 1 fully saturated rings. The zero-order valence-electron chi connectivity index (χ0n) is 18.0. The second-order valence-electron chi connectivity index (χ2n) is 7.78. The molecular formula is C24H29Cl2N3O2. The third-order valence-electron chi connectivity index (χ3n) is 5.73. The van der Waals surface area contributed by atoms with Crippen LogP contribution in [0.2, 0.25) is 10.0 Å². The Morgan fingerprint density at radius 1 is 1.10 bits per heavy atom. The van der Waals surface area contributed by atoms with Crippen LogP contribution in [-0.2, 0) is 17.9 Å². The molecule has 1 saturated heterocycles. The van der Waals surface area contributed by atoms with Gasteiger partial charge in [-0.1, -0.05) is 61.3 Å². The number of rotatable bonds is 8. The summed E-state index contributed by atoms with van der Waals surface area (Å²) in [6.45, 7) is 8.15. The van der Waals surface area contributed by atoms with E-state index in [0.29, 0.717) is 35.1 Å². The Bertz CT molecular complexity index is 931. The molecule has 2 aromatic rings. The highest BCUT2D eigenvalue weighted by Crippen LogP contribution is 2.26. The average Bonchev–Trinajstić information content (AvgIpc) is 3.27. The molecule has 1 N–H and O–H groups in total. The van der Waals surface area contributed by atoms with E-state index >= 15 is 0 Å². The van der Waals surface area contributed by atoms with E-state index in [9.17, 15) is 9.59 Å². The topological polar surface area (TPSA) is 52.7 Å². The summed E-state index contributed by atoms with van der Waals surface area (Å²) in [5, 5.41) is 3.79. The van der Waals surface area contributed by atoms with E-state index in [0.717, 1.165) is 31.6 Å². The Labute approximate surface area is 194 Å².